The lowest BCUT2D eigenvalue weighted by atomic mass is 9.90. The SMILES string of the molecule is CC1CC(C(=O)O)CN(CC(=O)NC(C)c2ccc(OC(F)(F)F)cc2)C1. The van der Waals surface area contributed by atoms with Crippen molar-refractivity contribution in [3.05, 3.63) is 29.8 Å². The average Bonchev–Trinajstić information content (AvgIpc) is 2.53. The molecule has 1 amide bonds. The lowest BCUT2D eigenvalue weighted by Crippen LogP contribution is -2.47. The molecular weight excluding hydrogens is 365 g/mol. The van der Waals surface area contributed by atoms with Crippen LogP contribution in [0, 0.1) is 11.8 Å². The molecule has 2 rings (SSSR count). The Hall–Kier alpha value is -2.29. The fourth-order valence-corrected chi connectivity index (χ4v) is 3.30. The number of piperidine rings is 1. The summed E-state index contributed by atoms with van der Waals surface area (Å²) in [5, 5.41) is 12.0. The van der Waals surface area contributed by atoms with E-state index in [-0.39, 0.29) is 24.1 Å². The Morgan fingerprint density at radius 1 is 1.30 bits per heavy atom. The third-order valence-corrected chi connectivity index (χ3v) is 4.44. The molecule has 9 heteroatoms. The number of alkyl halides is 3. The molecule has 0 bridgehead atoms. The maximum Gasteiger partial charge on any atom is 0.573 e. The Morgan fingerprint density at radius 2 is 1.93 bits per heavy atom. The molecule has 3 unspecified atom stereocenters. The van der Waals surface area contributed by atoms with Gasteiger partial charge in [0.25, 0.3) is 0 Å². The van der Waals surface area contributed by atoms with Gasteiger partial charge in [-0.1, -0.05) is 19.1 Å². The number of likely N-dealkylation sites (tertiary alicyclic amines) is 1. The fourth-order valence-electron chi connectivity index (χ4n) is 3.30. The molecule has 27 heavy (non-hydrogen) atoms. The highest BCUT2D eigenvalue weighted by atomic mass is 19.4. The summed E-state index contributed by atoms with van der Waals surface area (Å²) >= 11 is 0. The maximum absolute atomic E-state index is 12.3. The van der Waals surface area contributed by atoms with Gasteiger partial charge in [0.2, 0.25) is 5.91 Å². The van der Waals surface area contributed by atoms with Crippen LogP contribution in [0.5, 0.6) is 5.75 Å². The third-order valence-electron chi connectivity index (χ3n) is 4.44. The first-order chi connectivity index (χ1) is 12.5. The Labute approximate surface area is 155 Å². The molecule has 1 aromatic carbocycles. The number of hydrogen-bond acceptors (Lipinski definition) is 4. The molecule has 1 fully saturated rings. The summed E-state index contributed by atoms with van der Waals surface area (Å²) in [7, 11) is 0. The minimum absolute atomic E-state index is 0.0771. The first kappa shape index (κ1) is 21.0. The van der Waals surface area contributed by atoms with Crippen molar-refractivity contribution in [1.29, 1.82) is 0 Å². The van der Waals surface area contributed by atoms with E-state index in [0.29, 0.717) is 25.1 Å². The van der Waals surface area contributed by atoms with Gasteiger partial charge in [-0.25, -0.2) is 0 Å². The van der Waals surface area contributed by atoms with Gasteiger partial charge in [-0.2, -0.15) is 0 Å². The van der Waals surface area contributed by atoms with Gasteiger partial charge >= 0.3 is 12.3 Å². The molecule has 1 heterocycles. The lowest BCUT2D eigenvalue weighted by Gasteiger charge is -2.34. The van der Waals surface area contributed by atoms with Crippen LogP contribution in [-0.2, 0) is 9.59 Å². The molecule has 150 valence electrons. The number of hydrogen-bond donors (Lipinski definition) is 2. The van der Waals surface area contributed by atoms with E-state index in [4.69, 9.17) is 0 Å². The monoisotopic (exact) mass is 388 g/mol. The van der Waals surface area contributed by atoms with Crippen LogP contribution < -0.4 is 10.1 Å². The Bertz CT molecular complexity index is 664. The summed E-state index contributed by atoms with van der Waals surface area (Å²) in [4.78, 5) is 25.3. The van der Waals surface area contributed by atoms with Gasteiger partial charge in [-0.15, -0.1) is 13.2 Å². The second kappa shape index (κ2) is 8.60. The van der Waals surface area contributed by atoms with Gasteiger partial charge in [0, 0.05) is 13.1 Å². The third kappa shape index (κ3) is 6.74. The molecule has 1 aliphatic rings. The zero-order valence-electron chi connectivity index (χ0n) is 15.1. The van der Waals surface area contributed by atoms with Crippen molar-refractivity contribution in [2.45, 2.75) is 32.7 Å². The second-order valence-corrected chi connectivity index (χ2v) is 6.98. The molecule has 3 atom stereocenters. The predicted molar refractivity (Wildman–Crippen MR) is 91.0 cm³/mol. The molecular formula is C18H23F3N2O4. The number of rotatable bonds is 6. The van der Waals surface area contributed by atoms with Crippen molar-refractivity contribution in [3.8, 4) is 5.75 Å². The summed E-state index contributed by atoms with van der Waals surface area (Å²) in [5.41, 5.74) is 0.633. The van der Waals surface area contributed by atoms with Crippen LogP contribution in [0.4, 0.5) is 13.2 Å². The number of benzene rings is 1. The smallest absolute Gasteiger partial charge is 0.481 e. The predicted octanol–water partition coefficient (Wildman–Crippen LogP) is 2.81. The van der Waals surface area contributed by atoms with E-state index < -0.39 is 24.3 Å². The summed E-state index contributed by atoms with van der Waals surface area (Å²) in [6, 6.07) is 4.88. The number of carboxylic acids is 1. The standard InChI is InChI=1S/C18H23F3N2O4/c1-11-7-14(17(25)26)9-23(8-11)10-16(24)22-12(2)13-3-5-15(6-4-13)27-18(19,20)21/h3-6,11-12,14H,7-10H2,1-2H3,(H,22,24)(H,25,26). The summed E-state index contributed by atoms with van der Waals surface area (Å²) in [6.07, 6.45) is -4.16. The molecule has 0 aliphatic carbocycles. The quantitative estimate of drug-likeness (QED) is 0.784. The van der Waals surface area contributed by atoms with Crippen LogP contribution in [0.1, 0.15) is 31.9 Å². The van der Waals surface area contributed by atoms with Gasteiger partial charge in [-0.05, 0) is 37.0 Å². The minimum Gasteiger partial charge on any atom is -0.481 e. The largest absolute Gasteiger partial charge is 0.573 e. The number of carbonyl (C=O) groups excluding carboxylic acids is 1. The molecule has 1 aliphatic heterocycles. The summed E-state index contributed by atoms with van der Waals surface area (Å²) in [6.45, 7) is 4.72. The van der Waals surface area contributed by atoms with Crippen LogP contribution in [0.25, 0.3) is 0 Å². The number of aliphatic carboxylic acids is 1. The van der Waals surface area contributed by atoms with Gasteiger partial charge in [0.05, 0.1) is 18.5 Å². The highest BCUT2D eigenvalue weighted by Gasteiger charge is 2.31. The number of carboxylic acid groups (broad SMARTS) is 1. The summed E-state index contributed by atoms with van der Waals surface area (Å²) < 4.78 is 40.4. The van der Waals surface area contributed by atoms with Gasteiger partial charge in [-0.3, -0.25) is 14.5 Å². The van der Waals surface area contributed by atoms with Crippen molar-refractivity contribution in [3.63, 3.8) is 0 Å². The van der Waals surface area contributed by atoms with Gasteiger partial charge < -0.3 is 15.2 Å². The molecule has 2 N–H and O–H groups in total. The van der Waals surface area contributed by atoms with Crippen LogP contribution in [0.3, 0.4) is 0 Å². The zero-order valence-corrected chi connectivity index (χ0v) is 15.1. The molecule has 0 radical (unpaired) electrons. The second-order valence-electron chi connectivity index (χ2n) is 6.98. The number of ether oxygens (including phenoxy) is 1. The Balaban J connectivity index is 1.88. The van der Waals surface area contributed by atoms with Crippen molar-refractivity contribution < 1.29 is 32.6 Å². The van der Waals surface area contributed by atoms with Crippen molar-refractivity contribution in [2.75, 3.05) is 19.6 Å². The minimum atomic E-state index is -4.75. The Kier molecular flexibility index (Phi) is 6.69. The van der Waals surface area contributed by atoms with Crippen LogP contribution in [-0.4, -0.2) is 47.9 Å². The number of carbonyl (C=O) groups is 2. The number of halogens is 3. The number of nitrogens with zero attached hydrogens (tertiary/aromatic N) is 1. The first-order valence-electron chi connectivity index (χ1n) is 8.63. The zero-order chi connectivity index (χ0) is 20.2. The number of amides is 1. The van der Waals surface area contributed by atoms with Crippen LogP contribution >= 0.6 is 0 Å². The van der Waals surface area contributed by atoms with Gasteiger partial charge in [0.15, 0.2) is 0 Å². The van der Waals surface area contributed by atoms with E-state index in [1.807, 2.05) is 11.8 Å². The fraction of sp³-hybridized carbons (Fsp3) is 0.556. The van der Waals surface area contributed by atoms with E-state index in [1.54, 1.807) is 6.92 Å². The highest BCUT2D eigenvalue weighted by Crippen LogP contribution is 2.25. The molecule has 0 spiro atoms. The normalized spacial score (nSPS) is 22.1. The van der Waals surface area contributed by atoms with Crippen molar-refractivity contribution >= 4 is 11.9 Å². The molecule has 0 saturated carbocycles. The first-order valence-corrected chi connectivity index (χ1v) is 8.63. The average molecular weight is 388 g/mol. The van der Waals surface area contributed by atoms with Crippen LogP contribution in [0.2, 0.25) is 0 Å². The molecule has 6 nitrogen and oxygen atoms in total. The van der Waals surface area contributed by atoms with E-state index in [1.165, 1.54) is 24.3 Å². The maximum atomic E-state index is 12.3. The van der Waals surface area contributed by atoms with E-state index in [2.05, 4.69) is 10.1 Å². The topological polar surface area (TPSA) is 78.9 Å². The van der Waals surface area contributed by atoms with Crippen LogP contribution in [0.15, 0.2) is 24.3 Å². The number of nitrogens with one attached hydrogen (secondary N) is 1. The highest BCUT2D eigenvalue weighted by molar-refractivity contribution is 5.78. The van der Waals surface area contributed by atoms with Gasteiger partial charge in [0.1, 0.15) is 5.75 Å². The molecule has 1 saturated heterocycles. The lowest BCUT2D eigenvalue weighted by molar-refractivity contribution is -0.274. The van der Waals surface area contributed by atoms with Crippen molar-refractivity contribution in [2.24, 2.45) is 11.8 Å². The molecule has 1 aromatic rings. The van der Waals surface area contributed by atoms with E-state index in [9.17, 15) is 27.9 Å². The van der Waals surface area contributed by atoms with E-state index in [0.717, 1.165) is 0 Å². The molecule has 0 aromatic heterocycles. The van der Waals surface area contributed by atoms with E-state index >= 15 is 0 Å². The Morgan fingerprint density at radius 3 is 2.48 bits per heavy atom. The van der Waals surface area contributed by atoms with Crippen molar-refractivity contribution in [1.82, 2.24) is 10.2 Å². The summed E-state index contributed by atoms with van der Waals surface area (Å²) in [5.74, 6) is -1.75.